The van der Waals surface area contributed by atoms with E-state index >= 15 is 0 Å². The maximum absolute atomic E-state index is 13.1. The molecule has 0 aliphatic carbocycles. The Balaban J connectivity index is 1.78. The molecule has 0 saturated carbocycles. The molecule has 0 bridgehead atoms. The molecule has 7 heteroatoms. The molecule has 1 atom stereocenters. The third kappa shape index (κ3) is 4.23. The topological polar surface area (TPSA) is 34.9 Å². The third-order valence-electron chi connectivity index (χ3n) is 3.58. The van der Waals surface area contributed by atoms with Crippen LogP contribution in [0.3, 0.4) is 0 Å². The number of ketones is 1. The van der Waals surface area contributed by atoms with Crippen molar-refractivity contribution in [2.75, 3.05) is 0 Å². The van der Waals surface area contributed by atoms with E-state index in [0.717, 1.165) is 5.56 Å². The predicted octanol–water partition coefficient (Wildman–Crippen LogP) is 5.47. The van der Waals surface area contributed by atoms with Crippen LogP contribution in [-0.4, -0.2) is 20.8 Å². The highest BCUT2D eigenvalue weighted by Gasteiger charge is 2.19. The van der Waals surface area contributed by atoms with Gasteiger partial charge in [-0.05, 0) is 50.3 Å². The second kappa shape index (κ2) is 7.59. The van der Waals surface area contributed by atoms with E-state index in [4.69, 9.17) is 12.2 Å². The number of carbonyl (C=O) groups excluding carboxylic acids is 1. The highest BCUT2D eigenvalue weighted by Crippen LogP contribution is 2.29. The molecule has 1 heterocycles. The van der Waals surface area contributed by atoms with Gasteiger partial charge in [0, 0.05) is 5.56 Å². The van der Waals surface area contributed by atoms with Crippen molar-refractivity contribution in [1.82, 2.24) is 9.78 Å². The molecular formula is C18H15FN2OS3. The highest BCUT2D eigenvalue weighted by molar-refractivity contribution is 8.02. The van der Waals surface area contributed by atoms with Gasteiger partial charge < -0.3 is 0 Å². The zero-order chi connectivity index (χ0) is 18.0. The number of halogens is 1. The van der Waals surface area contributed by atoms with Crippen LogP contribution in [0.1, 0.15) is 22.8 Å². The molecule has 25 heavy (non-hydrogen) atoms. The minimum atomic E-state index is -0.308. The smallest absolute Gasteiger partial charge is 0.184 e. The number of hydrogen-bond acceptors (Lipinski definition) is 5. The van der Waals surface area contributed by atoms with Crippen molar-refractivity contribution >= 4 is 41.1 Å². The minimum absolute atomic E-state index is 0.0550. The SMILES string of the molecule is Cc1ccc(C(=O)[C@@H](C)Sc2nn(-c3ccc(F)cc3)c(=S)s2)cc1. The summed E-state index contributed by atoms with van der Waals surface area (Å²) in [5, 5.41) is 4.19. The number of Topliss-reactive ketones (excluding diaryl/α,β-unsaturated/α-hetero) is 1. The van der Waals surface area contributed by atoms with Crippen molar-refractivity contribution < 1.29 is 9.18 Å². The summed E-state index contributed by atoms with van der Waals surface area (Å²) in [5.41, 5.74) is 2.51. The molecule has 3 nitrogen and oxygen atoms in total. The van der Waals surface area contributed by atoms with Crippen LogP contribution in [0, 0.1) is 16.7 Å². The van der Waals surface area contributed by atoms with Crippen LogP contribution in [0.2, 0.25) is 0 Å². The summed E-state index contributed by atoms with van der Waals surface area (Å²) in [5.74, 6) is -0.253. The molecule has 0 amide bonds. The summed E-state index contributed by atoms with van der Waals surface area (Å²) < 4.78 is 15.9. The summed E-state index contributed by atoms with van der Waals surface area (Å²) in [4.78, 5) is 12.5. The number of benzene rings is 2. The van der Waals surface area contributed by atoms with Crippen LogP contribution in [0.25, 0.3) is 5.69 Å². The largest absolute Gasteiger partial charge is 0.293 e. The van der Waals surface area contributed by atoms with Gasteiger partial charge in [0.05, 0.1) is 10.9 Å². The second-order valence-electron chi connectivity index (χ2n) is 5.51. The van der Waals surface area contributed by atoms with E-state index < -0.39 is 0 Å². The molecular weight excluding hydrogens is 375 g/mol. The van der Waals surface area contributed by atoms with E-state index in [1.165, 1.54) is 35.2 Å². The zero-order valence-electron chi connectivity index (χ0n) is 13.6. The lowest BCUT2D eigenvalue weighted by molar-refractivity contribution is 0.0994. The molecule has 2 aromatic carbocycles. The lowest BCUT2D eigenvalue weighted by Gasteiger charge is -2.08. The van der Waals surface area contributed by atoms with Crippen LogP contribution in [-0.2, 0) is 0 Å². The molecule has 0 aliphatic rings. The van der Waals surface area contributed by atoms with Crippen molar-refractivity contribution in [2.24, 2.45) is 0 Å². The summed E-state index contributed by atoms with van der Waals surface area (Å²) in [7, 11) is 0. The number of aromatic nitrogens is 2. The molecule has 3 rings (SSSR count). The molecule has 1 aromatic heterocycles. The molecule has 0 spiro atoms. The van der Waals surface area contributed by atoms with E-state index in [2.05, 4.69) is 5.10 Å². The molecule has 3 aromatic rings. The van der Waals surface area contributed by atoms with Crippen molar-refractivity contribution in [1.29, 1.82) is 0 Å². The summed E-state index contributed by atoms with van der Waals surface area (Å²) in [6, 6.07) is 13.5. The minimum Gasteiger partial charge on any atom is -0.293 e. The predicted molar refractivity (Wildman–Crippen MR) is 103 cm³/mol. The van der Waals surface area contributed by atoms with Gasteiger partial charge in [-0.3, -0.25) is 4.79 Å². The Bertz CT molecular complexity index is 946. The molecule has 0 aliphatic heterocycles. The van der Waals surface area contributed by atoms with Crippen LogP contribution < -0.4 is 0 Å². The molecule has 0 N–H and O–H groups in total. The maximum Gasteiger partial charge on any atom is 0.184 e. The first kappa shape index (κ1) is 18.0. The molecule has 0 radical (unpaired) electrons. The summed E-state index contributed by atoms with van der Waals surface area (Å²) in [6.45, 7) is 3.85. The average Bonchev–Trinajstić information content (AvgIpc) is 2.96. The molecule has 128 valence electrons. The van der Waals surface area contributed by atoms with Gasteiger partial charge in [0.2, 0.25) is 0 Å². The molecule has 0 saturated heterocycles. The van der Waals surface area contributed by atoms with Crippen molar-refractivity contribution in [2.45, 2.75) is 23.4 Å². The molecule has 0 fully saturated rings. The fourth-order valence-electron chi connectivity index (χ4n) is 2.21. The van der Waals surface area contributed by atoms with Crippen LogP contribution in [0.4, 0.5) is 4.39 Å². The average molecular weight is 391 g/mol. The van der Waals surface area contributed by atoms with Gasteiger partial charge in [-0.25, -0.2) is 9.07 Å². The number of rotatable bonds is 5. The van der Waals surface area contributed by atoms with Gasteiger partial charge in [-0.2, -0.15) is 0 Å². The Kier molecular flexibility index (Phi) is 5.46. The van der Waals surface area contributed by atoms with Gasteiger partial charge >= 0.3 is 0 Å². The van der Waals surface area contributed by atoms with Gasteiger partial charge in [0.25, 0.3) is 0 Å². The lowest BCUT2D eigenvalue weighted by Crippen LogP contribution is -2.13. The van der Waals surface area contributed by atoms with Gasteiger partial charge in [0.1, 0.15) is 5.82 Å². The van der Waals surface area contributed by atoms with Crippen LogP contribution in [0.15, 0.2) is 52.9 Å². The fraction of sp³-hybridized carbons (Fsp3) is 0.167. The van der Waals surface area contributed by atoms with Gasteiger partial charge in [-0.1, -0.05) is 52.9 Å². The Morgan fingerprint density at radius 1 is 1.20 bits per heavy atom. The van der Waals surface area contributed by atoms with E-state index in [9.17, 15) is 9.18 Å². The number of thioether (sulfide) groups is 1. The Hall–Kier alpha value is -1.83. The summed E-state index contributed by atoms with van der Waals surface area (Å²) >= 11 is 8.06. The maximum atomic E-state index is 13.1. The molecule has 0 unspecified atom stereocenters. The highest BCUT2D eigenvalue weighted by atomic mass is 32.2. The second-order valence-corrected chi connectivity index (χ2v) is 8.72. The monoisotopic (exact) mass is 390 g/mol. The Morgan fingerprint density at radius 2 is 1.84 bits per heavy atom. The summed E-state index contributed by atoms with van der Waals surface area (Å²) in [6.07, 6.45) is 0. The third-order valence-corrected chi connectivity index (χ3v) is 6.00. The van der Waals surface area contributed by atoms with Crippen LogP contribution in [0.5, 0.6) is 0 Å². The first-order valence-electron chi connectivity index (χ1n) is 7.57. The fourth-order valence-corrected chi connectivity index (χ4v) is 4.79. The number of hydrogen-bond donors (Lipinski definition) is 0. The van der Waals surface area contributed by atoms with E-state index in [1.54, 1.807) is 16.8 Å². The van der Waals surface area contributed by atoms with Crippen molar-refractivity contribution in [3.05, 3.63) is 69.4 Å². The van der Waals surface area contributed by atoms with Gasteiger partial charge in [0.15, 0.2) is 14.1 Å². The normalized spacial score (nSPS) is 12.1. The number of aryl methyl sites for hydroxylation is 1. The zero-order valence-corrected chi connectivity index (χ0v) is 16.1. The number of carbonyl (C=O) groups is 1. The Morgan fingerprint density at radius 3 is 2.48 bits per heavy atom. The Labute approximate surface area is 158 Å². The first-order valence-corrected chi connectivity index (χ1v) is 9.68. The van der Waals surface area contributed by atoms with E-state index in [0.29, 0.717) is 19.5 Å². The van der Waals surface area contributed by atoms with Crippen molar-refractivity contribution in [3.8, 4) is 5.69 Å². The lowest BCUT2D eigenvalue weighted by atomic mass is 10.1. The van der Waals surface area contributed by atoms with Gasteiger partial charge in [-0.15, -0.1) is 5.10 Å². The quantitative estimate of drug-likeness (QED) is 0.328. The van der Waals surface area contributed by atoms with Crippen molar-refractivity contribution in [3.63, 3.8) is 0 Å². The van der Waals surface area contributed by atoms with Crippen LogP contribution >= 0.6 is 35.3 Å². The first-order chi connectivity index (χ1) is 11.9. The van der Waals surface area contributed by atoms with E-state index in [1.807, 2.05) is 38.1 Å². The number of nitrogens with zero attached hydrogens (tertiary/aromatic N) is 2. The van der Waals surface area contributed by atoms with E-state index in [-0.39, 0.29) is 16.9 Å². The standard InChI is InChI=1S/C18H15FN2OS3/c1-11-3-5-13(6-4-11)16(22)12(2)24-17-20-21(18(23)25-17)15-9-7-14(19)8-10-15/h3-10,12H,1-2H3/t12-/m1/s1.